The van der Waals surface area contributed by atoms with Crippen molar-refractivity contribution >= 4 is 5.82 Å². The average molecular weight is 468 g/mol. The third-order valence-corrected chi connectivity index (χ3v) is 7.19. The standard InChI is InChI=1S/C25H27F2N5O2/c1-31-6-5-18(11-23(31)34)17-3-4-20(21(33)10-17)24-28-14-22(29-30-24)32(2)19-8-15-7-16(9-19)13-25(26,27)12-15/h3-6,10-11,14-16,19,33H,7-9,12-13H2,1-2H3/t15-,16+,19?. The number of rotatable bonds is 4. The molecule has 0 amide bonds. The van der Waals surface area contributed by atoms with Gasteiger partial charge in [0.1, 0.15) is 5.75 Å². The van der Waals surface area contributed by atoms with E-state index in [9.17, 15) is 18.7 Å². The molecule has 9 heteroatoms. The smallest absolute Gasteiger partial charge is 0.250 e. The Hall–Kier alpha value is -3.36. The zero-order valence-corrected chi connectivity index (χ0v) is 19.2. The average Bonchev–Trinajstić information content (AvgIpc) is 2.79. The Morgan fingerprint density at radius 1 is 1.06 bits per heavy atom. The Bertz CT molecular complexity index is 1240. The van der Waals surface area contributed by atoms with Gasteiger partial charge in [0.05, 0.1) is 11.8 Å². The van der Waals surface area contributed by atoms with Gasteiger partial charge in [-0.1, -0.05) is 6.07 Å². The summed E-state index contributed by atoms with van der Waals surface area (Å²) in [6.45, 7) is 0. The molecular formula is C25H27F2N5O2. The van der Waals surface area contributed by atoms with Crippen molar-refractivity contribution in [3.05, 3.63) is 53.1 Å². The second-order valence-corrected chi connectivity index (χ2v) is 9.70. The molecular weight excluding hydrogens is 440 g/mol. The first-order valence-electron chi connectivity index (χ1n) is 11.5. The topological polar surface area (TPSA) is 84.1 Å². The third-order valence-electron chi connectivity index (χ3n) is 7.19. The minimum absolute atomic E-state index is 0.0119. The molecule has 0 saturated heterocycles. The predicted molar refractivity (Wildman–Crippen MR) is 125 cm³/mol. The minimum Gasteiger partial charge on any atom is -0.507 e. The molecule has 1 N–H and O–H groups in total. The largest absolute Gasteiger partial charge is 0.507 e. The number of anilines is 1. The normalized spacial score (nSPS) is 23.5. The molecule has 5 rings (SSSR count). The maximum Gasteiger partial charge on any atom is 0.250 e. The molecule has 0 aliphatic heterocycles. The SMILES string of the molecule is CN(c1cnc(-c2ccc(-c3ccn(C)c(=O)c3)cc2O)nn1)C1C[C@@H]2C[C@H](C1)CC(F)(F)C2. The second kappa shape index (κ2) is 8.45. The van der Waals surface area contributed by atoms with Crippen molar-refractivity contribution in [3.63, 3.8) is 0 Å². The van der Waals surface area contributed by atoms with Crippen molar-refractivity contribution in [2.45, 2.75) is 44.1 Å². The Labute approximate surface area is 196 Å². The van der Waals surface area contributed by atoms with Gasteiger partial charge in [0.25, 0.3) is 5.56 Å². The third kappa shape index (κ3) is 4.38. The molecule has 1 aromatic carbocycles. The van der Waals surface area contributed by atoms with Crippen molar-refractivity contribution in [3.8, 4) is 28.3 Å². The molecule has 2 aliphatic carbocycles. The van der Waals surface area contributed by atoms with Crippen LogP contribution in [0.5, 0.6) is 5.75 Å². The van der Waals surface area contributed by atoms with Crippen LogP contribution in [0.2, 0.25) is 0 Å². The lowest BCUT2D eigenvalue weighted by Crippen LogP contribution is -2.45. The lowest BCUT2D eigenvalue weighted by Gasteiger charge is -2.45. The zero-order valence-electron chi connectivity index (χ0n) is 19.2. The Balaban J connectivity index is 1.32. The Morgan fingerprint density at radius 3 is 2.38 bits per heavy atom. The van der Waals surface area contributed by atoms with E-state index in [0.29, 0.717) is 22.5 Å². The predicted octanol–water partition coefficient (Wildman–Crippen LogP) is 4.26. The highest BCUT2D eigenvalue weighted by atomic mass is 19.3. The first-order valence-corrected chi connectivity index (χ1v) is 11.5. The summed E-state index contributed by atoms with van der Waals surface area (Å²) >= 11 is 0. The molecule has 2 heterocycles. The van der Waals surface area contributed by atoms with Crippen LogP contribution in [0.1, 0.15) is 32.1 Å². The van der Waals surface area contributed by atoms with Gasteiger partial charge in [-0.25, -0.2) is 13.8 Å². The molecule has 34 heavy (non-hydrogen) atoms. The van der Waals surface area contributed by atoms with E-state index in [1.54, 1.807) is 43.7 Å². The zero-order chi connectivity index (χ0) is 24.0. The molecule has 178 valence electrons. The molecule has 2 bridgehead atoms. The van der Waals surface area contributed by atoms with Crippen LogP contribution in [0.15, 0.2) is 47.5 Å². The molecule has 2 aliphatic rings. The highest BCUT2D eigenvalue weighted by Gasteiger charge is 2.45. The van der Waals surface area contributed by atoms with Gasteiger partial charge < -0.3 is 14.6 Å². The number of halogens is 2. The van der Waals surface area contributed by atoms with Crippen LogP contribution < -0.4 is 10.5 Å². The number of aromatic nitrogens is 4. The molecule has 0 radical (unpaired) electrons. The van der Waals surface area contributed by atoms with Gasteiger partial charge in [0.2, 0.25) is 5.92 Å². The first-order chi connectivity index (χ1) is 16.2. The number of phenolic OH excluding ortho intramolecular Hbond substituents is 1. The maximum absolute atomic E-state index is 13.9. The minimum atomic E-state index is -2.53. The van der Waals surface area contributed by atoms with E-state index in [-0.39, 0.29) is 47.9 Å². The fourth-order valence-corrected chi connectivity index (χ4v) is 5.48. The van der Waals surface area contributed by atoms with Crippen molar-refractivity contribution < 1.29 is 13.9 Å². The van der Waals surface area contributed by atoms with E-state index in [1.165, 1.54) is 10.6 Å². The second-order valence-electron chi connectivity index (χ2n) is 9.70. The number of benzene rings is 1. The van der Waals surface area contributed by atoms with E-state index in [4.69, 9.17) is 0 Å². The molecule has 1 unspecified atom stereocenters. The van der Waals surface area contributed by atoms with Crippen LogP contribution in [0.4, 0.5) is 14.6 Å². The van der Waals surface area contributed by atoms with Crippen LogP contribution in [0.3, 0.4) is 0 Å². The van der Waals surface area contributed by atoms with Crippen molar-refractivity contribution in [2.75, 3.05) is 11.9 Å². The first kappa shape index (κ1) is 22.4. The van der Waals surface area contributed by atoms with Crippen LogP contribution in [0, 0.1) is 11.8 Å². The Morgan fingerprint density at radius 2 is 1.76 bits per heavy atom. The van der Waals surface area contributed by atoms with Crippen molar-refractivity contribution in [1.82, 2.24) is 19.7 Å². The number of aryl methyl sites for hydroxylation is 1. The summed E-state index contributed by atoms with van der Waals surface area (Å²) in [7, 11) is 3.59. The van der Waals surface area contributed by atoms with Crippen LogP contribution in [-0.2, 0) is 7.05 Å². The van der Waals surface area contributed by atoms with E-state index in [2.05, 4.69) is 15.2 Å². The van der Waals surface area contributed by atoms with Gasteiger partial charge in [-0.2, -0.15) is 0 Å². The van der Waals surface area contributed by atoms with E-state index in [0.717, 1.165) is 19.3 Å². The number of phenols is 1. The fraction of sp³-hybridized carbons (Fsp3) is 0.440. The summed E-state index contributed by atoms with van der Waals surface area (Å²) in [5.74, 6) is -1.61. The lowest BCUT2D eigenvalue weighted by molar-refractivity contribution is -0.0866. The number of hydrogen-bond donors (Lipinski definition) is 1. The molecule has 2 fully saturated rings. The van der Waals surface area contributed by atoms with Crippen molar-refractivity contribution in [1.29, 1.82) is 0 Å². The van der Waals surface area contributed by atoms with Gasteiger partial charge in [-0.05, 0) is 60.4 Å². The van der Waals surface area contributed by atoms with Gasteiger partial charge in [0, 0.05) is 45.2 Å². The number of hydrogen-bond acceptors (Lipinski definition) is 6. The van der Waals surface area contributed by atoms with E-state index in [1.807, 2.05) is 11.9 Å². The quantitative estimate of drug-likeness (QED) is 0.617. The van der Waals surface area contributed by atoms with Crippen LogP contribution >= 0.6 is 0 Å². The molecule has 3 atom stereocenters. The number of fused-ring (bicyclic) bond motifs is 2. The van der Waals surface area contributed by atoms with Crippen molar-refractivity contribution in [2.24, 2.45) is 18.9 Å². The number of pyridine rings is 1. The highest BCUT2D eigenvalue weighted by molar-refractivity contribution is 5.72. The monoisotopic (exact) mass is 467 g/mol. The number of aromatic hydroxyl groups is 1. The molecule has 0 spiro atoms. The molecule has 3 aromatic rings. The summed E-state index contributed by atoms with van der Waals surface area (Å²) in [6, 6.07) is 8.52. The Kier molecular flexibility index (Phi) is 5.58. The molecule has 7 nitrogen and oxygen atoms in total. The van der Waals surface area contributed by atoms with Gasteiger partial charge in [0.15, 0.2) is 11.6 Å². The van der Waals surface area contributed by atoms with E-state index < -0.39 is 5.92 Å². The lowest BCUT2D eigenvalue weighted by atomic mass is 9.68. The fourth-order valence-electron chi connectivity index (χ4n) is 5.48. The van der Waals surface area contributed by atoms with Gasteiger partial charge in [-0.15, -0.1) is 10.2 Å². The number of alkyl halides is 2. The summed E-state index contributed by atoms with van der Waals surface area (Å²) in [4.78, 5) is 18.3. The summed E-state index contributed by atoms with van der Waals surface area (Å²) in [6.07, 6.45) is 5.56. The summed E-state index contributed by atoms with van der Waals surface area (Å²) < 4.78 is 29.3. The number of nitrogens with zero attached hydrogens (tertiary/aromatic N) is 5. The van der Waals surface area contributed by atoms with Gasteiger partial charge in [-0.3, -0.25) is 4.79 Å². The van der Waals surface area contributed by atoms with Crippen LogP contribution in [-0.4, -0.2) is 43.9 Å². The molecule has 2 aromatic heterocycles. The van der Waals surface area contributed by atoms with Gasteiger partial charge >= 0.3 is 0 Å². The maximum atomic E-state index is 13.9. The van der Waals surface area contributed by atoms with Crippen LogP contribution in [0.25, 0.3) is 22.5 Å². The highest BCUT2D eigenvalue weighted by Crippen LogP contribution is 2.48. The summed E-state index contributed by atoms with van der Waals surface area (Å²) in [5, 5.41) is 19.1. The van der Waals surface area contributed by atoms with E-state index >= 15 is 0 Å². The molecule has 2 saturated carbocycles. The summed E-state index contributed by atoms with van der Waals surface area (Å²) in [5.41, 5.74) is 1.71.